The second-order valence-electron chi connectivity index (χ2n) is 5.60. The lowest BCUT2D eigenvalue weighted by Gasteiger charge is -2.17. The molecule has 0 aliphatic heterocycles. The summed E-state index contributed by atoms with van der Waals surface area (Å²) in [6, 6.07) is 0. The molecule has 0 unspecified atom stereocenters. The zero-order valence-electron chi connectivity index (χ0n) is 12.5. The maximum absolute atomic E-state index is 14.0. The molecule has 0 saturated heterocycles. The summed E-state index contributed by atoms with van der Waals surface area (Å²) in [4.78, 5) is 8.26. The molecule has 22 heavy (non-hydrogen) atoms. The molecule has 0 bridgehead atoms. The van der Waals surface area contributed by atoms with Crippen molar-refractivity contribution < 1.29 is 9.50 Å². The van der Waals surface area contributed by atoms with Crippen molar-refractivity contribution in [2.24, 2.45) is 7.05 Å². The minimum absolute atomic E-state index is 0.00916. The summed E-state index contributed by atoms with van der Waals surface area (Å²) >= 11 is 7.12. The van der Waals surface area contributed by atoms with Gasteiger partial charge in [0.05, 0.1) is 21.5 Å². The van der Waals surface area contributed by atoms with Gasteiger partial charge in [-0.15, -0.1) is 11.3 Å². The van der Waals surface area contributed by atoms with Crippen molar-refractivity contribution in [1.29, 1.82) is 0 Å². The molecule has 3 aromatic rings. The van der Waals surface area contributed by atoms with Gasteiger partial charge in [0.1, 0.15) is 16.8 Å². The van der Waals surface area contributed by atoms with Gasteiger partial charge >= 0.3 is 0 Å². The predicted octanol–water partition coefficient (Wildman–Crippen LogP) is 3.42. The lowest BCUT2D eigenvalue weighted by molar-refractivity contribution is 0.0713. The number of hydrogen-bond acceptors (Lipinski definition) is 5. The average molecular weight is 341 g/mol. The quantitative estimate of drug-likeness (QED) is 0.726. The summed E-state index contributed by atoms with van der Waals surface area (Å²) < 4.78 is 16.5. The van der Waals surface area contributed by atoms with E-state index in [1.54, 1.807) is 25.6 Å². The van der Waals surface area contributed by atoms with E-state index in [1.165, 1.54) is 11.3 Å². The van der Waals surface area contributed by atoms with Gasteiger partial charge in [-0.25, -0.2) is 14.4 Å². The van der Waals surface area contributed by atoms with E-state index >= 15 is 0 Å². The van der Waals surface area contributed by atoms with Crippen molar-refractivity contribution in [2.45, 2.75) is 26.4 Å². The monoisotopic (exact) mass is 340 g/mol. The Morgan fingerprint density at radius 3 is 2.73 bits per heavy atom. The SMILES string of the molecule is Cc1c(-c2nc(Cl)ncc2F)sc2c(C(C)(C)O)n(C)nc12. The van der Waals surface area contributed by atoms with Crippen LogP contribution in [0, 0.1) is 12.7 Å². The normalized spacial score (nSPS) is 12.3. The van der Waals surface area contributed by atoms with Crippen LogP contribution >= 0.6 is 22.9 Å². The molecular formula is C14H14ClFN4OS. The van der Waals surface area contributed by atoms with Crippen LogP contribution in [0.2, 0.25) is 5.28 Å². The first-order valence-electron chi connectivity index (χ1n) is 6.57. The molecule has 5 nitrogen and oxygen atoms in total. The first-order valence-corrected chi connectivity index (χ1v) is 7.77. The second-order valence-corrected chi connectivity index (χ2v) is 6.96. The van der Waals surface area contributed by atoms with Crippen molar-refractivity contribution >= 4 is 33.2 Å². The van der Waals surface area contributed by atoms with Gasteiger partial charge in [0.2, 0.25) is 5.28 Å². The number of fused-ring (bicyclic) bond motifs is 1. The molecule has 8 heteroatoms. The molecule has 0 aliphatic rings. The van der Waals surface area contributed by atoms with Gasteiger partial charge in [-0.1, -0.05) is 0 Å². The number of halogens is 2. The van der Waals surface area contributed by atoms with Crippen molar-refractivity contribution in [3.8, 4) is 10.6 Å². The average Bonchev–Trinajstić information content (AvgIpc) is 2.88. The van der Waals surface area contributed by atoms with E-state index in [2.05, 4.69) is 15.1 Å². The highest BCUT2D eigenvalue weighted by Crippen LogP contribution is 2.41. The molecule has 116 valence electrons. The summed E-state index contributed by atoms with van der Waals surface area (Å²) in [6.07, 6.45) is 1.05. The van der Waals surface area contributed by atoms with Gasteiger partial charge in [0.15, 0.2) is 5.82 Å². The molecule has 0 aliphatic carbocycles. The molecule has 0 atom stereocenters. The Bertz CT molecular complexity index is 881. The number of hydrogen-bond donors (Lipinski definition) is 1. The second kappa shape index (κ2) is 4.97. The standard InChI is InChI=1S/C14H14ClFN4OS/c1-6-8-11(12(14(2,3)21)20(4)19-8)22-10(6)9-7(16)5-17-13(15)18-9/h5,21H,1-4H3. The van der Waals surface area contributed by atoms with Gasteiger partial charge in [0, 0.05) is 7.05 Å². The number of nitrogens with zero attached hydrogens (tertiary/aromatic N) is 4. The Hall–Kier alpha value is -1.57. The van der Waals surface area contributed by atoms with Gasteiger partial charge in [0.25, 0.3) is 0 Å². The van der Waals surface area contributed by atoms with Crippen LogP contribution in [0.1, 0.15) is 25.1 Å². The fraction of sp³-hybridized carbons (Fsp3) is 0.357. The van der Waals surface area contributed by atoms with Crippen molar-refractivity contribution in [3.05, 3.63) is 28.6 Å². The van der Waals surface area contributed by atoms with Crippen LogP contribution in [0.3, 0.4) is 0 Å². The van der Waals surface area contributed by atoms with Crippen molar-refractivity contribution in [2.75, 3.05) is 0 Å². The van der Waals surface area contributed by atoms with Gasteiger partial charge < -0.3 is 5.11 Å². The van der Waals surface area contributed by atoms with E-state index in [0.717, 1.165) is 22.0 Å². The molecule has 1 N–H and O–H groups in total. The summed E-state index contributed by atoms with van der Waals surface area (Å²) in [5, 5.41) is 14.8. The van der Waals surface area contributed by atoms with Crippen LogP contribution in [0.4, 0.5) is 4.39 Å². The largest absolute Gasteiger partial charge is 0.384 e. The molecule has 3 aromatic heterocycles. The molecule has 3 rings (SSSR count). The summed E-state index contributed by atoms with van der Waals surface area (Å²) in [5.74, 6) is -0.536. The van der Waals surface area contributed by atoms with Gasteiger partial charge in [-0.2, -0.15) is 5.10 Å². The molecule has 0 fully saturated rings. The van der Waals surface area contributed by atoms with Crippen LogP contribution in [0.25, 0.3) is 20.8 Å². The minimum Gasteiger partial charge on any atom is -0.384 e. The van der Waals surface area contributed by atoms with Crippen LogP contribution in [0.5, 0.6) is 0 Å². The number of aryl methyl sites for hydroxylation is 2. The highest BCUT2D eigenvalue weighted by Gasteiger charge is 2.28. The zero-order valence-corrected chi connectivity index (χ0v) is 14.1. The lowest BCUT2D eigenvalue weighted by atomic mass is 10.0. The fourth-order valence-corrected chi connectivity index (χ4v) is 4.13. The van der Waals surface area contributed by atoms with Crippen molar-refractivity contribution in [1.82, 2.24) is 19.7 Å². The first kappa shape index (κ1) is 15.3. The number of aliphatic hydroxyl groups is 1. The number of thiophene rings is 1. The molecule has 0 radical (unpaired) electrons. The van der Waals surface area contributed by atoms with E-state index in [0.29, 0.717) is 10.6 Å². The van der Waals surface area contributed by atoms with E-state index < -0.39 is 11.4 Å². The number of aromatic nitrogens is 4. The fourth-order valence-electron chi connectivity index (χ4n) is 2.54. The van der Waals surface area contributed by atoms with Crippen LogP contribution in [0.15, 0.2) is 6.20 Å². The van der Waals surface area contributed by atoms with Crippen LogP contribution in [-0.4, -0.2) is 24.9 Å². The van der Waals surface area contributed by atoms with E-state index in [1.807, 2.05) is 6.92 Å². The third-order valence-corrected chi connectivity index (χ3v) is 4.89. The molecule has 0 amide bonds. The van der Waals surface area contributed by atoms with Crippen LogP contribution < -0.4 is 0 Å². The summed E-state index contributed by atoms with van der Waals surface area (Å²) in [6.45, 7) is 5.24. The van der Waals surface area contributed by atoms with E-state index in [-0.39, 0.29) is 11.0 Å². The third-order valence-electron chi connectivity index (χ3n) is 3.41. The maximum atomic E-state index is 14.0. The highest BCUT2D eigenvalue weighted by molar-refractivity contribution is 7.22. The Labute approximate surface area is 135 Å². The van der Waals surface area contributed by atoms with Crippen molar-refractivity contribution in [3.63, 3.8) is 0 Å². The highest BCUT2D eigenvalue weighted by atomic mass is 35.5. The van der Waals surface area contributed by atoms with Crippen LogP contribution in [-0.2, 0) is 12.6 Å². The predicted molar refractivity (Wildman–Crippen MR) is 84.6 cm³/mol. The smallest absolute Gasteiger partial charge is 0.223 e. The molecule has 0 spiro atoms. The Balaban J connectivity index is 2.32. The van der Waals surface area contributed by atoms with Gasteiger partial charge in [-0.05, 0) is 37.9 Å². The number of rotatable bonds is 2. The topological polar surface area (TPSA) is 63.8 Å². The molecule has 0 saturated carbocycles. The Morgan fingerprint density at radius 2 is 2.09 bits per heavy atom. The first-order chi connectivity index (χ1) is 10.2. The summed E-state index contributed by atoms with van der Waals surface area (Å²) in [5.41, 5.74) is 1.32. The third kappa shape index (κ3) is 2.29. The zero-order chi connectivity index (χ0) is 16.2. The van der Waals surface area contributed by atoms with E-state index in [9.17, 15) is 9.50 Å². The Morgan fingerprint density at radius 1 is 1.41 bits per heavy atom. The van der Waals surface area contributed by atoms with Gasteiger partial charge in [-0.3, -0.25) is 4.68 Å². The molecule has 0 aromatic carbocycles. The Kier molecular flexibility index (Phi) is 3.47. The molecule has 3 heterocycles. The lowest BCUT2D eigenvalue weighted by Crippen LogP contribution is -2.20. The molecular weight excluding hydrogens is 327 g/mol. The maximum Gasteiger partial charge on any atom is 0.223 e. The minimum atomic E-state index is -1.06. The van der Waals surface area contributed by atoms with E-state index in [4.69, 9.17) is 11.6 Å². The summed E-state index contributed by atoms with van der Waals surface area (Å²) in [7, 11) is 1.78.